The molecule has 0 atom stereocenters. The van der Waals surface area contributed by atoms with Crippen molar-refractivity contribution in [3.8, 4) is 39.9 Å². The van der Waals surface area contributed by atoms with E-state index in [1.165, 1.54) is 6.21 Å². The molecule has 0 unspecified atom stereocenters. The Balaban J connectivity index is 1.22. The molecule has 1 aliphatic heterocycles. The number of hydrazone groups is 1. The second kappa shape index (κ2) is 12.4. The van der Waals surface area contributed by atoms with E-state index in [2.05, 4.69) is 15.5 Å². The molecule has 2 N–H and O–H groups in total. The third-order valence-corrected chi connectivity index (χ3v) is 7.16. The van der Waals surface area contributed by atoms with Crippen LogP contribution in [0.5, 0.6) is 28.7 Å². The van der Waals surface area contributed by atoms with Crippen LogP contribution in [0.3, 0.4) is 0 Å². The molecule has 2 heterocycles. The number of nitrogens with zero attached hydrogens (tertiary/aromatic N) is 1. The van der Waals surface area contributed by atoms with Crippen LogP contribution in [0.4, 0.5) is 0 Å². The number of rotatable bonds is 9. The van der Waals surface area contributed by atoms with Gasteiger partial charge in [-0.2, -0.15) is 5.10 Å². The van der Waals surface area contributed by atoms with Crippen LogP contribution in [-0.4, -0.2) is 43.6 Å². The number of H-pyrrole nitrogens is 1. The number of aromatic amines is 1. The average Bonchev–Trinajstić information content (AvgIpc) is 3.66. The molecule has 6 rings (SSSR count). The highest BCUT2D eigenvalue weighted by molar-refractivity contribution is 6.34. The summed E-state index contributed by atoms with van der Waals surface area (Å²) in [6.07, 6.45) is 1.46. The van der Waals surface area contributed by atoms with Crippen LogP contribution in [-0.2, 0) is 0 Å². The van der Waals surface area contributed by atoms with Gasteiger partial charge in [0.05, 0.1) is 25.5 Å². The third-order valence-electron chi connectivity index (χ3n) is 6.83. The van der Waals surface area contributed by atoms with E-state index in [9.17, 15) is 9.59 Å². The maximum absolute atomic E-state index is 13.4. The molecule has 0 saturated carbocycles. The fraction of sp³-hybridized carbons (Fsp3) is 0.121. The lowest BCUT2D eigenvalue weighted by Crippen LogP contribution is -2.19. The number of nitrogens with one attached hydrogen (secondary N) is 2. The lowest BCUT2D eigenvalue weighted by Gasteiger charge is -2.11. The number of amides is 1. The highest BCUT2D eigenvalue weighted by Crippen LogP contribution is 2.38. The van der Waals surface area contributed by atoms with E-state index in [1.54, 1.807) is 55.6 Å². The van der Waals surface area contributed by atoms with E-state index in [1.807, 2.05) is 37.3 Å². The Morgan fingerprint density at radius 3 is 2.66 bits per heavy atom. The molecule has 11 heteroatoms. The normalized spacial score (nSPS) is 12.0. The van der Waals surface area contributed by atoms with Gasteiger partial charge in [-0.25, -0.2) is 10.2 Å². The van der Waals surface area contributed by atoms with Crippen molar-refractivity contribution in [1.29, 1.82) is 0 Å². The Morgan fingerprint density at radius 2 is 1.84 bits per heavy atom. The number of hydrogen-bond acceptors (Lipinski definition) is 8. The van der Waals surface area contributed by atoms with Gasteiger partial charge in [-0.1, -0.05) is 29.8 Å². The lowest BCUT2D eigenvalue weighted by atomic mass is 10.0. The molecule has 0 bridgehead atoms. The third kappa shape index (κ3) is 5.75. The highest BCUT2D eigenvalue weighted by Gasteiger charge is 2.22. The van der Waals surface area contributed by atoms with E-state index in [0.717, 1.165) is 10.9 Å². The van der Waals surface area contributed by atoms with Crippen molar-refractivity contribution in [3.63, 3.8) is 0 Å². The molecule has 5 aromatic rings. The first-order chi connectivity index (χ1) is 21.4. The quantitative estimate of drug-likeness (QED) is 0.0833. The Hall–Kier alpha value is -5.48. The van der Waals surface area contributed by atoms with Gasteiger partial charge >= 0.3 is 5.97 Å². The number of aromatic nitrogens is 1. The largest absolute Gasteiger partial charge is 0.497 e. The van der Waals surface area contributed by atoms with Gasteiger partial charge in [0, 0.05) is 27.1 Å². The summed E-state index contributed by atoms with van der Waals surface area (Å²) in [5.74, 6) is 1.20. The van der Waals surface area contributed by atoms with Crippen LogP contribution >= 0.6 is 11.6 Å². The molecule has 0 aliphatic carbocycles. The van der Waals surface area contributed by atoms with E-state index >= 15 is 0 Å². The molecule has 10 nitrogen and oxygen atoms in total. The summed E-state index contributed by atoms with van der Waals surface area (Å²) < 4.78 is 27.4. The molecule has 0 saturated heterocycles. The Bertz CT molecular complexity index is 1920. The van der Waals surface area contributed by atoms with Gasteiger partial charge in [0.15, 0.2) is 23.0 Å². The fourth-order valence-electron chi connectivity index (χ4n) is 4.77. The minimum Gasteiger partial charge on any atom is -0.497 e. The second-order valence-corrected chi connectivity index (χ2v) is 9.97. The lowest BCUT2D eigenvalue weighted by molar-refractivity contribution is 0.0727. The summed E-state index contributed by atoms with van der Waals surface area (Å²) in [5, 5.41) is 5.43. The van der Waals surface area contributed by atoms with Crippen molar-refractivity contribution in [2.75, 3.05) is 20.5 Å². The van der Waals surface area contributed by atoms with E-state index in [-0.39, 0.29) is 12.5 Å². The van der Waals surface area contributed by atoms with Crippen LogP contribution < -0.4 is 29.1 Å². The summed E-state index contributed by atoms with van der Waals surface area (Å²) in [6, 6.07) is 22.5. The summed E-state index contributed by atoms with van der Waals surface area (Å²) in [4.78, 5) is 29.4. The molecule has 0 radical (unpaired) electrons. The van der Waals surface area contributed by atoms with Gasteiger partial charge < -0.3 is 28.7 Å². The maximum atomic E-state index is 13.4. The van der Waals surface area contributed by atoms with Gasteiger partial charge in [-0.15, -0.1) is 0 Å². The number of hydrogen-bond donors (Lipinski definition) is 2. The smallest absolute Gasteiger partial charge is 0.343 e. The molecule has 1 aromatic heterocycles. The van der Waals surface area contributed by atoms with E-state index in [0.29, 0.717) is 62.6 Å². The first kappa shape index (κ1) is 28.6. The van der Waals surface area contributed by atoms with Crippen molar-refractivity contribution >= 4 is 40.6 Å². The fourth-order valence-corrected chi connectivity index (χ4v) is 5.00. The van der Waals surface area contributed by atoms with Crippen molar-refractivity contribution in [3.05, 3.63) is 101 Å². The number of ether oxygens (including phenoxy) is 5. The molecule has 1 amide bonds. The second-order valence-electron chi connectivity index (χ2n) is 9.56. The summed E-state index contributed by atoms with van der Waals surface area (Å²) in [7, 11) is 1.58. The molecule has 1 aliphatic rings. The highest BCUT2D eigenvalue weighted by atomic mass is 35.5. The minimum absolute atomic E-state index is 0.103. The number of halogens is 1. The zero-order chi connectivity index (χ0) is 30.6. The number of carbonyl (C=O) groups excluding carboxylic acids is 2. The van der Waals surface area contributed by atoms with Crippen LogP contribution in [0.25, 0.3) is 22.0 Å². The zero-order valence-corrected chi connectivity index (χ0v) is 24.4. The van der Waals surface area contributed by atoms with Crippen molar-refractivity contribution in [2.24, 2.45) is 5.10 Å². The number of benzene rings is 4. The Kier molecular flexibility index (Phi) is 8.07. The summed E-state index contributed by atoms with van der Waals surface area (Å²) in [6.45, 7) is 2.25. The monoisotopic (exact) mass is 611 g/mol. The van der Waals surface area contributed by atoms with Crippen LogP contribution in [0, 0.1) is 0 Å². The number of esters is 1. The maximum Gasteiger partial charge on any atom is 0.343 e. The van der Waals surface area contributed by atoms with Gasteiger partial charge in [0.2, 0.25) is 6.79 Å². The molecule has 0 spiro atoms. The summed E-state index contributed by atoms with van der Waals surface area (Å²) in [5.41, 5.74) is 5.84. The molecule has 4 aromatic carbocycles. The van der Waals surface area contributed by atoms with Crippen LogP contribution in [0.2, 0.25) is 5.02 Å². The minimum atomic E-state index is -0.580. The average molecular weight is 612 g/mol. The zero-order valence-electron chi connectivity index (χ0n) is 23.7. The van der Waals surface area contributed by atoms with Gasteiger partial charge in [-0.05, 0) is 73.2 Å². The summed E-state index contributed by atoms with van der Waals surface area (Å²) >= 11 is 6.53. The molecular formula is C33H26ClN3O7. The van der Waals surface area contributed by atoms with Crippen molar-refractivity contribution in [2.45, 2.75) is 6.92 Å². The molecule has 222 valence electrons. The van der Waals surface area contributed by atoms with Gasteiger partial charge in [0.1, 0.15) is 11.4 Å². The number of carbonyl (C=O) groups is 2. The molecule has 0 fully saturated rings. The van der Waals surface area contributed by atoms with Crippen molar-refractivity contribution in [1.82, 2.24) is 10.4 Å². The first-order valence-electron chi connectivity index (χ1n) is 13.6. The Morgan fingerprint density at radius 1 is 1.00 bits per heavy atom. The van der Waals surface area contributed by atoms with Gasteiger partial charge in [0.25, 0.3) is 5.91 Å². The van der Waals surface area contributed by atoms with Crippen LogP contribution in [0.15, 0.2) is 84.0 Å². The number of fused-ring (bicyclic) bond motifs is 2. The standard InChI is InChI=1S/C33H26ClN3O7/c1-3-41-28-14-19(8-12-27(28)44-33(39)20-9-13-26-29(15-20)43-18-42-26)17-35-37-32(38)31-30(22-6-4-5-7-24(22)34)23-16-21(40-2)10-11-25(23)36-31/h4-17,36H,3,18H2,1-2H3,(H,37,38). The van der Waals surface area contributed by atoms with Gasteiger partial charge in [-0.3, -0.25) is 4.79 Å². The van der Waals surface area contributed by atoms with Crippen LogP contribution in [0.1, 0.15) is 33.3 Å². The van der Waals surface area contributed by atoms with E-state index < -0.39 is 11.9 Å². The first-order valence-corrected chi connectivity index (χ1v) is 14.0. The topological polar surface area (TPSA) is 120 Å². The predicted molar refractivity (Wildman–Crippen MR) is 165 cm³/mol. The van der Waals surface area contributed by atoms with E-state index in [4.69, 9.17) is 35.3 Å². The predicted octanol–water partition coefficient (Wildman–Crippen LogP) is 6.61. The molecular weight excluding hydrogens is 586 g/mol. The molecule has 44 heavy (non-hydrogen) atoms. The van der Waals surface area contributed by atoms with Crippen molar-refractivity contribution < 1.29 is 33.3 Å². The SMILES string of the molecule is CCOc1cc(C=NNC(=O)c2[nH]c3ccc(OC)cc3c2-c2ccccc2Cl)ccc1OC(=O)c1ccc2c(c1)OCO2. The number of methoxy groups -OCH3 is 1. The Labute approximate surface area is 257 Å².